The summed E-state index contributed by atoms with van der Waals surface area (Å²) < 4.78 is 21.7. The van der Waals surface area contributed by atoms with Crippen LogP contribution in [0.1, 0.15) is 10.4 Å². The summed E-state index contributed by atoms with van der Waals surface area (Å²) in [7, 11) is 2.34. The zero-order valence-corrected chi connectivity index (χ0v) is 11.1. The molecule has 0 N–H and O–H groups in total. The van der Waals surface area contributed by atoms with Crippen molar-refractivity contribution in [3.8, 4) is 0 Å². The Morgan fingerprint density at radius 2 is 1.45 bits per heavy atom. The molecule has 0 fully saturated rings. The molecule has 0 aliphatic carbocycles. The Hall–Kier alpha value is -2.44. The maximum absolute atomic E-state index is 12.8. The Bertz CT molecular complexity index is 482. The van der Waals surface area contributed by atoms with Crippen molar-refractivity contribution in [2.45, 2.75) is 0 Å². The maximum Gasteiger partial charge on any atom is 0.325 e. The van der Waals surface area contributed by atoms with Gasteiger partial charge in [-0.2, -0.15) is 0 Å². The smallest absolute Gasteiger partial charge is 0.325 e. The second-order valence-electron chi connectivity index (χ2n) is 3.82. The van der Waals surface area contributed by atoms with Crippen LogP contribution >= 0.6 is 0 Å². The molecule has 1 aromatic rings. The molecule has 7 heteroatoms. The second-order valence-corrected chi connectivity index (χ2v) is 3.82. The molecule has 0 saturated carbocycles. The molecule has 0 aliphatic heterocycles. The predicted molar refractivity (Wildman–Crippen MR) is 66.3 cm³/mol. The number of carbonyl (C=O) groups is 3. The first-order valence-corrected chi connectivity index (χ1v) is 5.66. The van der Waals surface area contributed by atoms with Crippen LogP contribution in [0.25, 0.3) is 0 Å². The molecule has 0 radical (unpaired) electrons. The van der Waals surface area contributed by atoms with Crippen LogP contribution in [0.15, 0.2) is 24.3 Å². The van der Waals surface area contributed by atoms with Gasteiger partial charge in [0.2, 0.25) is 0 Å². The van der Waals surface area contributed by atoms with Crippen molar-refractivity contribution in [2.24, 2.45) is 0 Å². The standard InChI is InChI=1S/C13H14FNO5/c1-19-11(16)7-15(8-12(17)20-2)13(18)9-3-5-10(14)6-4-9/h3-6H,7-8H2,1-2H3. The average Bonchev–Trinajstić information content (AvgIpc) is 2.46. The largest absolute Gasteiger partial charge is 0.468 e. The van der Waals surface area contributed by atoms with Gasteiger partial charge >= 0.3 is 11.9 Å². The number of methoxy groups -OCH3 is 2. The summed E-state index contributed by atoms with van der Waals surface area (Å²) in [4.78, 5) is 35.6. The molecule has 1 rings (SSSR count). The Balaban J connectivity index is 2.90. The molecule has 0 atom stereocenters. The third-order valence-corrected chi connectivity index (χ3v) is 2.47. The monoisotopic (exact) mass is 283 g/mol. The van der Waals surface area contributed by atoms with Crippen molar-refractivity contribution in [2.75, 3.05) is 27.3 Å². The summed E-state index contributed by atoms with van der Waals surface area (Å²) in [6, 6.07) is 4.75. The summed E-state index contributed by atoms with van der Waals surface area (Å²) in [6.07, 6.45) is 0. The van der Waals surface area contributed by atoms with Crippen LogP contribution in [0.3, 0.4) is 0 Å². The number of hydrogen-bond acceptors (Lipinski definition) is 5. The zero-order chi connectivity index (χ0) is 15.1. The van der Waals surface area contributed by atoms with Crippen molar-refractivity contribution in [3.63, 3.8) is 0 Å². The summed E-state index contributed by atoms with van der Waals surface area (Å²) in [5, 5.41) is 0. The molecule has 0 spiro atoms. The van der Waals surface area contributed by atoms with Crippen LogP contribution in [0.2, 0.25) is 0 Å². The lowest BCUT2D eigenvalue weighted by atomic mass is 10.2. The van der Waals surface area contributed by atoms with Gasteiger partial charge in [0.15, 0.2) is 0 Å². The van der Waals surface area contributed by atoms with Gasteiger partial charge in [-0.15, -0.1) is 0 Å². The number of rotatable bonds is 5. The zero-order valence-electron chi connectivity index (χ0n) is 11.1. The van der Waals surface area contributed by atoms with Crippen molar-refractivity contribution >= 4 is 17.8 Å². The van der Waals surface area contributed by atoms with Gasteiger partial charge in [0.25, 0.3) is 5.91 Å². The molecule has 0 bridgehead atoms. The summed E-state index contributed by atoms with van der Waals surface area (Å²) in [5.41, 5.74) is 0.152. The SMILES string of the molecule is COC(=O)CN(CC(=O)OC)C(=O)c1ccc(F)cc1. The minimum absolute atomic E-state index is 0.152. The summed E-state index contributed by atoms with van der Waals surface area (Å²) in [5.74, 6) is -2.44. The number of carbonyl (C=O) groups excluding carboxylic acids is 3. The van der Waals surface area contributed by atoms with E-state index in [9.17, 15) is 18.8 Å². The molecule has 20 heavy (non-hydrogen) atoms. The Morgan fingerprint density at radius 3 is 1.85 bits per heavy atom. The molecule has 1 amide bonds. The van der Waals surface area contributed by atoms with E-state index in [2.05, 4.69) is 9.47 Å². The fraction of sp³-hybridized carbons (Fsp3) is 0.308. The van der Waals surface area contributed by atoms with E-state index in [1.165, 1.54) is 26.4 Å². The van der Waals surface area contributed by atoms with Crippen LogP contribution in [0.5, 0.6) is 0 Å². The van der Waals surface area contributed by atoms with E-state index in [1.54, 1.807) is 0 Å². The van der Waals surface area contributed by atoms with E-state index in [0.29, 0.717) is 0 Å². The number of hydrogen-bond donors (Lipinski definition) is 0. The van der Waals surface area contributed by atoms with Crippen molar-refractivity contribution < 1.29 is 28.2 Å². The van der Waals surface area contributed by atoms with Gasteiger partial charge < -0.3 is 14.4 Å². The second kappa shape index (κ2) is 7.22. The lowest BCUT2D eigenvalue weighted by Gasteiger charge is -2.20. The van der Waals surface area contributed by atoms with Crippen LogP contribution in [-0.2, 0) is 19.1 Å². The van der Waals surface area contributed by atoms with Gasteiger partial charge in [0.05, 0.1) is 14.2 Å². The highest BCUT2D eigenvalue weighted by atomic mass is 19.1. The highest BCUT2D eigenvalue weighted by Crippen LogP contribution is 2.07. The molecule has 108 valence electrons. The van der Waals surface area contributed by atoms with Gasteiger partial charge in [-0.25, -0.2) is 4.39 Å². The highest BCUT2D eigenvalue weighted by Gasteiger charge is 2.22. The molecule has 6 nitrogen and oxygen atoms in total. The molecule has 0 aliphatic rings. The third-order valence-electron chi connectivity index (χ3n) is 2.47. The highest BCUT2D eigenvalue weighted by molar-refractivity contribution is 5.97. The van der Waals surface area contributed by atoms with E-state index < -0.39 is 36.8 Å². The minimum atomic E-state index is -0.677. The van der Waals surface area contributed by atoms with Crippen LogP contribution < -0.4 is 0 Å². The Morgan fingerprint density at radius 1 is 1.00 bits per heavy atom. The summed E-state index contributed by atoms with van der Waals surface area (Å²) >= 11 is 0. The number of halogens is 1. The lowest BCUT2D eigenvalue weighted by Crippen LogP contribution is -2.40. The summed E-state index contributed by atoms with van der Waals surface area (Å²) in [6.45, 7) is -0.802. The van der Waals surface area contributed by atoms with Gasteiger partial charge in [-0.3, -0.25) is 14.4 Å². The number of amides is 1. The van der Waals surface area contributed by atoms with Crippen LogP contribution in [-0.4, -0.2) is 50.1 Å². The molecule has 0 aromatic heterocycles. The average molecular weight is 283 g/mol. The van der Waals surface area contributed by atoms with Crippen molar-refractivity contribution in [1.29, 1.82) is 0 Å². The molecular weight excluding hydrogens is 269 g/mol. The van der Waals surface area contributed by atoms with Crippen LogP contribution in [0, 0.1) is 5.82 Å². The van der Waals surface area contributed by atoms with E-state index in [-0.39, 0.29) is 5.56 Å². The molecule has 0 saturated heterocycles. The molecule has 1 aromatic carbocycles. The number of benzene rings is 1. The quantitative estimate of drug-likeness (QED) is 0.740. The van der Waals surface area contributed by atoms with Gasteiger partial charge in [0, 0.05) is 5.56 Å². The Kier molecular flexibility index (Phi) is 5.64. The van der Waals surface area contributed by atoms with Gasteiger partial charge in [0.1, 0.15) is 18.9 Å². The molecule has 0 heterocycles. The molecule has 0 unspecified atom stereocenters. The predicted octanol–water partition coefficient (Wildman–Crippen LogP) is 0.614. The fourth-order valence-corrected chi connectivity index (χ4v) is 1.42. The number of esters is 2. The third kappa shape index (κ3) is 4.34. The first-order chi connectivity index (χ1) is 9.47. The lowest BCUT2D eigenvalue weighted by molar-refractivity contribution is -0.144. The first kappa shape index (κ1) is 15.6. The number of nitrogens with zero attached hydrogens (tertiary/aromatic N) is 1. The van der Waals surface area contributed by atoms with E-state index >= 15 is 0 Å². The number of ether oxygens (including phenoxy) is 2. The Labute approximate surface area is 115 Å². The van der Waals surface area contributed by atoms with E-state index in [1.807, 2.05) is 0 Å². The van der Waals surface area contributed by atoms with Gasteiger partial charge in [-0.05, 0) is 24.3 Å². The maximum atomic E-state index is 12.8. The van der Waals surface area contributed by atoms with Crippen LogP contribution in [0.4, 0.5) is 4.39 Å². The molecular formula is C13H14FNO5. The normalized spacial score (nSPS) is 9.75. The fourth-order valence-electron chi connectivity index (χ4n) is 1.42. The van der Waals surface area contributed by atoms with Gasteiger partial charge in [-0.1, -0.05) is 0 Å². The van der Waals surface area contributed by atoms with Crippen molar-refractivity contribution in [1.82, 2.24) is 4.90 Å². The topological polar surface area (TPSA) is 72.9 Å². The van der Waals surface area contributed by atoms with Crippen molar-refractivity contribution in [3.05, 3.63) is 35.6 Å². The first-order valence-electron chi connectivity index (χ1n) is 5.66. The van der Waals surface area contributed by atoms with E-state index in [0.717, 1.165) is 17.0 Å². The minimum Gasteiger partial charge on any atom is -0.468 e. The van der Waals surface area contributed by atoms with E-state index in [4.69, 9.17) is 0 Å².